The topological polar surface area (TPSA) is 97.5 Å². The Hall–Kier alpha value is -2.64. The minimum absolute atomic E-state index is 0.305. The molecule has 20 heavy (non-hydrogen) atoms. The highest BCUT2D eigenvalue weighted by molar-refractivity contribution is 5.94. The number of amides is 3. The molecule has 0 atom stereocenters. The van der Waals surface area contributed by atoms with Crippen molar-refractivity contribution in [2.45, 2.75) is 19.9 Å². The van der Waals surface area contributed by atoms with Crippen LogP contribution in [0, 0.1) is 0 Å². The number of urea groups is 1. The van der Waals surface area contributed by atoms with Gasteiger partial charge in [-0.25, -0.2) is 14.3 Å². The van der Waals surface area contributed by atoms with Crippen molar-refractivity contribution >= 4 is 17.6 Å². The van der Waals surface area contributed by atoms with Crippen LogP contribution < -0.4 is 16.3 Å². The van der Waals surface area contributed by atoms with Crippen molar-refractivity contribution in [3.63, 3.8) is 0 Å². The maximum atomic E-state index is 11.9. The number of carbonyl (C=O) groups excluding carboxylic acids is 2. The summed E-state index contributed by atoms with van der Waals surface area (Å²) in [5.41, 5.74) is 0.0189. The normalized spacial score (nSPS) is 10.4. The zero-order chi connectivity index (χ0) is 14.5. The van der Waals surface area contributed by atoms with Gasteiger partial charge in [0.1, 0.15) is 6.54 Å². The van der Waals surface area contributed by atoms with Gasteiger partial charge in [0.25, 0.3) is 0 Å². The standard InChI is InChI=1S/C12H15N5O3/c1-2-6-13-11(19)14-10(18)8-17-12(20)16-7-4-3-5-9(16)15-17/h3-5,7H,2,6,8H2,1H3,(H2,13,14,18,19). The second kappa shape index (κ2) is 6.00. The maximum Gasteiger partial charge on any atom is 0.350 e. The summed E-state index contributed by atoms with van der Waals surface area (Å²) in [6.45, 7) is 2.08. The van der Waals surface area contributed by atoms with Crippen LogP contribution in [0.25, 0.3) is 5.65 Å². The van der Waals surface area contributed by atoms with Gasteiger partial charge in [0, 0.05) is 12.7 Å². The van der Waals surface area contributed by atoms with Crippen LogP contribution in [0.3, 0.4) is 0 Å². The van der Waals surface area contributed by atoms with Crippen molar-refractivity contribution in [3.05, 3.63) is 34.9 Å². The van der Waals surface area contributed by atoms with Gasteiger partial charge in [-0.1, -0.05) is 13.0 Å². The smallest absolute Gasteiger partial charge is 0.338 e. The number of nitrogens with one attached hydrogen (secondary N) is 2. The number of hydrogen-bond donors (Lipinski definition) is 2. The fourth-order valence-electron chi connectivity index (χ4n) is 1.66. The second-order valence-corrected chi connectivity index (χ2v) is 4.17. The third kappa shape index (κ3) is 3.02. The van der Waals surface area contributed by atoms with Crippen molar-refractivity contribution in [1.29, 1.82) is 0 Å². The van der Waals surface area contributed by atoms with E-state index in [1.807, 2.05) is 6.92 Å². The molecule has 0 unspecified atom stereocenters. The molecule has 8 nitrogen and oxygen atoms in total. The van der Waals surface area contributed by atoms with E-state index >= 15 is 0 Å². The lowest BCUT2D eigenvalue weighted by atomic mass is 10.5. The highest BCUT2D eigenvalue weighted by Crippen LogP contribution is 1.94. The monoisotopic (exact) mass is 277 g/mol. The molecule has 0 fully saturated rings. The van der Waals surface area contributed by atoms with E-state index in [1.165, 1.54) is 4.40 Å². The minimum atomic E-state index is -0.593. The Morgan fingerprint density at radius 2 is 2.15 bits per heavy atom. The third-order valence-electron chi connectivity index (χ3n) is 2.57. The van der Waals surface area contributed by atoms with E-state index in [0.717, 1.165) is 11.1 Å². The molecule has 0 aliphatic heterocycles. The molecule has 106 valence electrons. The molecule has 3 amide bonds. The molecule has 0 aliphatic carbocycles. The molecule has 0 radical (unpaired) electrons. The lowest BCUT2D eigenvalue weighted by Gasteiger charge is -2.04. The molecule has 2 aromatic rings. The van der Waals surface area contributed by atoms with Crippen LogP contribution in [-0.2, 0) is 11.3 Å². The first-order valence-electron chi connectivity index (χ1n) is 6.23. The predicted octanol–water partition coefficient (Wildman–Crippen LogP) is -0.268. The average molecular weight is 277 g/mol. The molecule has 2 N–H and O–H groups in total. The first kappa shape index (κ1) is 13.8. The van der Waals surface area contributed by atoms with Crippen LogP contribution in [0.5, 0.6) is 0 Å². The first-order chi connectivity index (χ1) is 9.61. The highest BCUT2D eigenvalue weighted by Gasteiger charge is 2.12. The van der Waals surface area contributed by atoms with Crippen LogP contribution in [0.15, 0.2) is 29.2 Å². The number of hydrogen-bond acceptors (Lipinski definition) is 4. The Morgan fingerprint density at radius 1 is 1.35 bits per heavy atom. The van der Waals surface area contributed by atoms with E-state index in [4.69, 9.17) is 0 Å². The predicted molar refractivity (Wildman–Crippen MR) is 71.3 cm³/mol. The maximum absolute atomic E-state index is 11.9. The van der Waals surface area contributed by atoms with Crippen LogP contribution in [-0.4, -0.2) is 32.7 Å². The fourth-order valence-corrected chi connectivity index (χ4v) is 1.66. The highest BCUT2D eigenvalue weighted by atomic mass is 16.2. The van der Waals surface area contributed by atoms with Gasteiger partial charge in [-0.3, -0.25) is 14.5 Å². The van der Waals surface area contributed by atoms with Crippen LogP contribution in [0.2, 0.25) is 0 Å². The SMILES string of the molecule is CCCNC(=O)NC(=O)Cn1nc2ccccn2c1=O. The largest absolute Gasteiger partial charge is 0.350 e. The van der Waals surface area contributed by atoms with Gasteiger partial charge < -0.3 is 5.32 Å². The van der Waals surface area contributed by atoms with Crippen molar-refractivity contribution in [1.82, 2.24) is 24.8 Å². The molecule has 8 heteroatoms. The zero-order valence-corrected chi connectivity index (χ0v) is 11.0. The van der Waals surface area contributed by atoms with Gasteiger partial charge in [-0.2, -0.15) is 0 Å². The van der Waals surface area contributed by atoms with Gasteiger partial charge >= 0.3 is 11.7 Å². The molecule has 2 heterocycles. The van der Waals surface area contributed by atoms with Crippen molar-refractivity contribution in [2.24, 2.45) is 0 Å². The number of aromatic nitrogens is 3. The Balaban J connectivity index is 2.05. The lowest BCUT2D eigenvalue weighted by Crippen LogP contribution is -2.42. The number of pyridine rings is 1. The van der Waals surface area contributed by atoms with Crippen LogP contribution in [0.4, 0.5) is 4.79 Å². The quantitative estimate of drug-likeness (QED) is 0.804. The molecule has 0 bridgehead atoms. The molecule has 0 saturated heterocycles. The number of imide groups is 1. The number of rotatable bonds is 4. The molecule has 0 spiro atoms. The average Bonchev–Trinajstić information content (AvgIpc) is 2.73. The van der Waals surface area contributed by atoms with Crippen molar-refractivity contribution in [3.8, 4) is 0 Å². The van der Waals surface area contributed by atoms with Gasteiger partial charge in [0.15, 0.2) is 5.65 Å². The van der Waals surface area contributed by atoms with Gasteiger partial charge in [-0.05, 0) is 18.6 Å². The summed E-state index contributed by atoms with van der Waals surface area (Å²) in [4.78, 5) is 34.8. The Bertz CT molecular complexity index is 688. The summed E-state index contributed by atoms with van der Waals surface area (Å²) in [7, 11) is 0. The summed E-state index contributed by atoms with van der Waals surface area (Å²) in [5, 5.41) is 8.64. The number of carbonyl (C=O) groups is 2. The lowest BCUT2D eigenvalue weighted by molar-refractivity contribution is -0.120. The van der Waals surface area contributed by atoms with Gasteiger partial charge in [-0.15, -0.1) is 5.10 Å². The minimum Gasteiger partial charge on any atom is -0.338 e. The van der Waals surface area contributed by atoms with Crippen molar-refractivity contribution < 1.29 is 9.59 Å². The summed E-state index contributed by atoms with van der Waals surface area (Å²) in [6.07, 6.45) is 2.33. The van der Waals surface area contributed by atoms with Gasteiger partial charge in [0.05, 0.1) is 0 Å². The van der Waals surface area contributed by atoms with E-state index in [2.05, 4.69) is 15.7 Å². The molecular weight excluding hydrogens is 262 g/mol. The van der Waals surface area contributed by atoms with E-state index in [1.54, 1.807) is 24.4 Å². The van der Waals surface area contributed by atoms with E-state index in [-0.39, 0.29) is 6.54 Å². The van der Waals surface area contributed by atoms with E-state index in [9.17, 15) is 14.4 Å². The first-order valence-corrected chi connectivity index (χ1v) is 6.23. The molecule has 0 aromatic carbocycles. The second-order valence-electron chi connectivity index (χ2n) is 4.17. The van der Waals surface area contributed by atoms with Gasteiger partial charge in [0.2, 0.25) is 5.91 Å². The Morgan fingerprint density at radius 3 is 2.85 bits per heavy atom. The summed E-state index contributed by atoms with van der Waals surface area (Å²) < 4.78 is 2.34. The van der Waals surface area contributed by atoms with Crippen molar-refractivity contribution in [2.75, 3.05) is 6.54 Å². The molecule has 2 rings (SSSR count). The molecule has 0 saturated carbocycles. The van der Waals surface area contributed by atoms with E-state index in [0.29, 0.717) is 12.2 Å². The van der Waals surface area contributed by atoms with Crippen LogP contribution in [0.1, 0.15) is 13.3 Å². The Kier molecular flexibility index (Phi) is 4.14. The third-order valence-corrected chi connectivity index (χ3v) is 2.57. The number of nitrogens with zero attached hydrogens (tertiary/aromatic N) is 3. The Labute approximate surface area is 114 Å². The van der Waals surface area contributed by atoms with E-state index < -0.39 is 17.6 Å². The molecular formula is C12H15N5O3. The zero-order valence-electron chi connectivity index (χ0n) is 11.0. The number of fused-ring (bicyclic) bond motifs is 1. The summed E-state index contributed by atoms with van der Waals surface area (Å²) in [5.74, 6) is -0.593. The summed E-state index contributed by atoms with van der Waals surface area (Å²) >= 11 is 0. The fraction of sp³-hybridized carbons (Fsp3) is 0.333. The molecule has 0 aliphatic rings. The van der Waals surface area contributed by atoms with Crippen LogP contribution >= 0.6 is 0 Å². The molecule has 2 aromatic heterocycles. The summed E-state index contributed by atoms with van der Waals surface area (Å²) in [6, 6.07) is 4.51.